The molecule has 2 unspecified atom stereocenters. The molecule has 8 aromatic rings. The summed E-state index contributed by atoms with van der Waals surface area (Å²) in [4.78, 5) is 9.66. The number of nitrogens with one attached hydrogen (secondary N) is 2. The topological polar surface area (TPSA) is 49.8 Å². The van der Waals surface area contributed by atoms with E-state index in [9.17, 15) is 0 Å². The first-order valence-electron chi connectivity index (χ1n) is 16.0. The van der Waals surface area contributed by atoms with E-state index in [2.05, 4.69) is 156 Å². The third-order valence-electron chi connectivity index (χ3n) is 8.78. The molecule has 0 spiro atoms. The SMILES string of the molecule is c1ccc(P2c3ccccc3Nc3ccccc3P(c3ccccc3)c3cc4ncccc4cc3Nc3cc4cccnc4cc32)cc1. The molecule has 2 N–H and O–H groups in total. The molecule has 228 valence electrons. The van der Waals surface area contributed by atoms with Crippen molar-refractivity contribution in [2.45, 2.75) is 0 Å². The summed E-state index contributed by atoms with van der Waals surface area (Å²) in [6.07, 6.45) is 3.77. The zero-order valence-corrected chi connectivity index (χ0v) is 27.7. The van der Waals surface area contributed by atoms with E-state index in [0.29, 0.717) is 0 Å². The molecule has 2 aromatic heterocycles. The van der Waals surface area contributed by atoms with Gasteiger partial charge in [0.15, 0.2) is 0 Å². The second kappa shape index (κ2) is 12.3. The standard InChI is InChI=1S/C42H30N4P2/c1-3-15-31(16-4-1)47-39-21-9-7-19-33(39)45-34-20-8-10-22-40(34)48(32-17-5-2-6-18-32)42-28-36-30(14-12-24-44-36)26-38(42)46-37-25-29-13-11-23-43-35(29)27-41(37)47/h1-28,45-46H. The van der Waals surface area contributed by atoms with Crippen molar-refractivity contribution < 1.29 is 0 Å². The molecule has 0 amide bonds. The van der Waals surface area contributed by atoms with Crippen LogP contribution in [0.4, 0.5) is 22.7 Å². The lowest BCUT2D eigenvalue weighted by molar-refractivity contribution is 1.41. The van der Waals surface area contributed by atoms with Crippen LogP contribution in [0.2, 0.25) is 0 Å². The van der Waals surface area contributed by atoms with Crippen LogP contribution >= 0.6 is 15.8 Å². The predicted octanol–water partition coefficient (Wildman–Crippen LogP) is 8.10. The van der Waals surface area contributed by atoms with Gasteiger partial charge in [-0.3, -0.25) is 9.97 Å². The van der Waals surface area contributed by atoms with Gasteiger partial charge in [0, 0.05) is 67.1 Å². The van der Waals surface area contributed by atoms with E-state index in [4.69, 9.17) is 9.97 Å². The average molecular weight is 653 g/mol. The van der Waals surface area contributed by atoms with Crippen molar-refractivity contribution in [3.05, 3.63) is 170 Å². The van der Waals surface area contributed by atoms with Gasteiger partial charge < -0.3 is 10.6 Å². The van der Waals surface area contributed by atoms with E-state index >= 15 is 0 Å². The van der Waals surface area contributed by atoms with Crippen LogP contribution in [0, 0.1) is 0 Å². The van der Waals surface area contributed by atoms with Gasteiger partial charge in [0.1, 0.15) is 0 Å². The molecule has 3 heterocycles. The van der Waals surface area contributed by atoms with E-state index in [1.54, 1.807) is 0 Å². The Morgan fingerprint density at radius 3 is 1.25 bits per heavy atom. The Labute approximate surface area is 282 Å². The van der Waals surface area contributed by atoms with Gasteiger partial charge in [-0.1, -0.05) is 109 Å². The number of aromatic nitrogens is 2. The number of pyridine rings is 2. The van der Waals surface area contributed by atoms with Crippen molar-refractivity contribution in [1.29, 1.82) is 0 Å². The number of hydrogen-bond donors (Lipinski definition) is 2. The van der Waals surface area contributed by atoms with Gasteiger partial charge in [0.2, 0.25) is 0 Å². The number of fused-ring (bicyclic) bond motifs is 6. The molecule has 1 aliphatic heterocycles. The van der Waals surface area contributed by atoms with Gasteiger partial charge in [-0.2, -0.15) is 0 Å². The maximum Gasteiger partial charge on any atom is 0.0710 e. The molecular formula is C42H30N4P2. The number of anilines is 4. The van der Waals surface area contributed by atoms with E-state index < -0.39 is 15.8 Å². The first-order valence-corrected chi connectivity index (χ1v) is 18.7. The Bertz CT molecular complexity index is 2260. The molecule has 6 aromatic carbocycles. The highest BCUT2D eigenvalue weighted by molar-refractivity contribution is 7.81. The molecule has 0 fully saturated rings. The third kappa shape index (κ3) is 5.20. The number of nitrogens with zero attached hydrogens (tertiary/aromatic N) is 2. The molecule has 9 rings (SSSR count). The largest absolute Gasteiger partial charge is 0.354 e. The van der Waals surface area contributed by atoms with Crippen molar-refractivity contribution in [2.75, 3.05) is 10.6 Å². The Morgan fingerprint density at radius 1 is 0.354 bits per heavy atom. The number of benzene rings is 6. The van der Waals surface area contributed by atoms with Gasteiger partial charge >= 0.3 is 0 Å². The van der Waals surface area contributed by atoms with E-state index in [1.165, 1.54) is 31.8 Å². The Kier molecular flexibility index (Phi) is 7.39. The Balaban J connectivity index is 1.41. The Morgan fingerprint density at radius 2 is 0.771 bits per heavy atom. The summed E-state index contributed by atoms with van der Waals surface area (Å²) in [6.45, 7) is 0. The fourth-order valence-corrected chi connectivity index (χ4v) is 11.6. The minimum atomic E-state index is -1.00. The van der Waals surface area contributed by atoms with Crippen molar-refractivity contribution in [3.8, 4) is 0 Å². The highest BCUT2D eigenvalue weighted by Crippen LogP contribution is 2.44. The van der Waals surface area contributed by atoms with Crippen LogP contribution in [-0.4, -0.2) is 9.97 Å². The fourth-order valence-electron chi connectivity index (χ4n) is 6.60. The van der Waals surface area contributed by atoms with E-state index in [0.717, 1.165) is 44.6 Å². The summed E-state index contributed by atoms with van der Waals surface area (Å²) in [5, 5.41) is 17.8. The molecule has 6 heteroatoms. The molecule has 4 nitrogen and oxygen atoms in total. The first kappa shape index (κ1) is 28.8. The monoisotopic (exact) mass is 652 g/mol. The quantitative estimate of drug-likeness (QED) is 0.185. The van der Waals surface area contributed by atoms with Crippen molar-refractivity contribution in [1.82, 2.24) is 9.97 Å². The lowest BCUT2D eigenvalue weighted by Gasteiger charge is -2.30. The highest BCUT2D eigenvalue weighted by Gasteiger charge is 2.28. The second-order valence-corrected chi connectivity index (χ2v) is 16.1. The number of para-hydroxylation sites is 2. The third-order valence-corrected chi connectivity index (χ3v) is 13.9. The van der Waals surface area contributed by atoms with E-state index in [-0.39, 0.29) is 0 Å². The molecule has 0 saturated carbocycles. The van der Waals surface area contributed by atoms with Crippen LogP contribution in [0.15, 0.2) is 170 Å². The molecular weight excluding hydrogens is 622 g/mol. The highest BCUT2D eigenvalue weighted by atomic mass is 31.1. The second-order valence-electron chi connectivity index (χ2n) is 11.8. The molecule has 48 heavy (non-hydrogen) atoms. The van der Waals surface area contributed by atoms with Crippen LogP contribution in [-0.2, 0) is 0 Å². The van der Waals surface area contributed by atoms with Crippen molar-refractivity contribution in [3.63, 3.8) is 0 Å². The maximum absolute atomic E-state index is 4.83. The van der Waals surface area contributed by atoms with Crippen LogP contribution in [0.3, 0.4) is 0 Å². The summed E-state index contributed by atoms with van der Waals surface area (Å²) in [6, 6.07) is 56.9. The fraction of sp³-hybridized carbons (Fsp3) is 0. The zero-order chi connectivity index (χ0) is 31.9. The van der Waals surface area contributed by atoms with Gasteiger partial charge in [-0.15, -0.1) is 0 Å². The molecule has 0 radical (unpaired) electrons. The molecule has 0 bridgehead atoms. The number of rotatable bonds is 2. The van der Waals surface area contributed by atoms with Gasteiger partial charge in [0.05, 0.1) is 11.0 Å². The van der Waals surface area contributed by atoms with Crippen molar-refractivity contribution in [2.24, 2.45) is 0 Å². The molecule has 1 aliphatic rings. The minimum absolute atomic E-state index is 0.985. The van der Waals surface area contributed by atoms with Crippen molar-refractivity contribution >= 4 is 92.2 Å². The lowest BCUT2D eigenvalue weighted by atomic mass is 10.1. The zero-order valence-electron chi connectivity index (χ0n) is 26.0. The predicted molar refractivity (Wildman–Crippen MR) is 207 cm³/mol. The average Bonchev–Trinajstić information content (AvgIpc) is 3.14. The summed E-state index contributed by atoms with van der Waals surface area (Å²) in [7, 11) is -2.01. The molecule has 2 atom stereocenters. The lowest BCUT2D eigenvalue weighted by Crippen LogP contribution is -2.29. The minimum Gasteiger partial charge on any atom is -0.354 e. The van der Waals surface area contributed by atoms with Gasteiger partial charge in [-0.25, -0.2) is 0 Å². The summed E-state index contributed by atoms with van der Waals surface area (Å²) < 4.78 is 0. The normalized spacial score (nSPS) is 15.4. The van der Waals surface area contributed by atoms with E-state index in [1.807, 2.05) is 24.5 Å². The molecule has 0 aliphatic carbocycles. The first-order chi connectivity index (χ1) is 23.8. The summed E-state index contributed by atoms with van der Waals surface area (Å²) in [5.41, 5.74) is 6.35. The number of hydrogen-bond acceptors (Lipinski definition) is 4. The maximum atomic E-state index is 4.83. The summed E-state index contributed by atoms with van der Waals surface area (Å²) in [5.74, 6) is 0. The van der Waals surface area contributed by atoms with Crippen LogP contribution < -0.4 is 42.5 Å². The Hall–Kier alpha value is -5.40. The van der Waals surface area contributed by atoms with Gasteiger partial charge in [-0.05, 0) is 75.0 Å². The van der Waals surface area contributed by atoms with Gasteiger partial charge in [0.25, 0.3) is 0 Å². The molecule has 0 saturated heterocycles. The van der Waals surface area contributed by atoms with Crippen LogP contribution in [0.25, 0.3) is 21.8 Å². The smallest absolute Gasteiger partial charge is 0.0710 e. The van der Waals surface area contributed by atoms with Crippen LogP contribution in [0.5, 0.6) is 0 Å². The summed E-state index contributed by atoms with van der Waals surface area (Å²) >= 11 is 0. The van der Waals surface area contributed by atoms with Crippen LogP contribution in [0.1, 0.15) is 0 Å².